The molecule has 0 amide bonds. The molecular weight excluding hydrogens is 733 g/mol. The van der Waals surface area contributed by atoms with Gasteiger partial charge >= 0.3 is 17.9 Å². The van der Waals surface area contributed by atoms with Crippen LogP contribution < -0.4 is 0 Å². The summed E-state index contributed by atoms with van der Waals surface area (Å²) in [6, 6.07) is 0. The Morgan fingerprint density at radius 3 is 0.831 bits per heavy atom. The molecule has 0 aromatic carbocycles. The van der Waals surface area contributed by atoms with Gasteiger partial charge in [-0.1, -0.05) is 259 Å². The summed E-state index contributed by atoms with van der Waals surface area (Å²) in [6.45, 7) is 9.01. The van der Waals surface area contributed by atoms with E-state index in [1.165, 1.54) is 193 Å². The minimum Gasteiger partial charge on any atom is -0.462 e. The maximum Gasteiger partial charge on any atom is 0.306 e. The minimum atomic E-state index is -0.760. The highest BCUT2D eigenvalue weighted by atomic mass is 16.6. The molecule has 1 atom stereocenters. The largest absolute Gasteiger partial charge is 0.462 e. The van der Waals surface area contributed by atoms with Crippen molar-refractivity contribution in [1.82, 2.24) is 0 Å². The standard InChI is InChI=1S/C53H102O6/c1-5-7-9-11-13-15-16-17-18-19-20-21-22-25-29-32-36-40-44-51(54)57-47-50(59-53(56)46-42-38-34-27-14-12-10-8-6-2)48-58-52(55)45-41-37-33-30-26-23-24-28-31-35-39-43-49(3)4/h49-50H,5-48H2,1-4H3/t50-/m0/s1. The lowest BCUT2D eigenvalue weighted by atomic mass is 10.0. The molecule has 0 unspecified atom stereocenters. The van der Waals surface area contributed by atoms with Crippen LogP contribution in [0, 0.1) is 5.92 Å². The van der Waals surface area contributed by atoms with E-state index in [2.05, 4.69) is 27.7 Å². The van der Waals surface area contributed by atoms with Crippen LogP contribution in [0.15, 0.2) is 0 Å². The Kier molecular flexibility index (Phi) is 46.2. The monoisotopic (exact) mass is 835 g/mol. The van der Waals surface area contributed by atoms with Gasteiger partial charge in [-0.2, -0.15) is 0 Å². The van der Waals surface area contributed by atoms with Crippen LogP contribution in [0.3, 0.4) is 0 Å². The zero-order valence-electron chi connectivity index (χ0n) is 40.2. The number of rotatable bonds is 48. The Hall–Kier alpha value is -1.59. The smallest absolute Gasteiger partial charge is 0.306 e. The van der Waals surface area contributed by atoms with Crippen molar-refractivity contribution >= 4 is 17.9 Å². The summed E-state index contributed by atoms with van der Waals surface area (Å²) in [6.07, 6.45) is 49.5. The predicted octanol–water partition coefficient (Wildman–Crippen LogP) is 17.1. The Morgan fingerprint density at radius 1 is 0.322 bits per heavy atom. The van der Waals surface area contributed by atoms with Gasteiger partial charge in [0.25, 0.3) is 0 Å². The maximum absolute atomic E-state index is 12.7. The van der Waals surface area contributed by atoms with Gasteiger partial charge in [0.15, 0.2) is 6.10 Å². The third kappa shape index (κ3) is 47.3. The summed E-state index contributed by atoms with van der Waals surface area (Å²) >= 11 is 0. The third-order valence-electron chi connectivity index (χ3n) is 12.0. The minimum absolute atomic E-state index is 0.0629. The molecule has 0 aromatic rings. The van der Waals surface area contributed by atoms with E-state index >= 15 is 0 Å². The molecule has 0 saturated heterocycles. The van der Waals surface area contributed by atoms with Crippen LogP contribution in [0.4, 0.5) is 0 Å². The first-order chi connectivity index (χ1) is 28.9. The zero-order chi connectivity index (χ0) is 43.1. The average molecular weight is 835 g/mol. The predicted molar refractivity (Wildman–Crippen MR) is 252 cm³/mol. The van der Waals surface area contributed by atoms with E-state index in [-0.39, 0.29) is 31.1 Å². The zero-order valence-corrected chi connectivity index (χ0v) is 40.2. The lowest BCUT2D eigenvalue weighted by Crippen LogP contribution is -2.30. The van der Waals surface area contributed by atoms with Crippen LogP contribution in [0.5, 0.6) is 0 Å². The molecule has 0 bridgehead atoms. The quantitative estimate of drug-likeness (QED) is 0.0345. The summed E-state index contributed by atoms with van der Waals surface area (Å²) < 4.78 is 16.8. The van der Waals surface area contributed by atoms with E-state index in [1.807, 2.05) is 0 Å². The molecule has 0 aliphatic rings. The molecule has 0 saturated carbocycles. The van der Waals surface area contributed by atoms with Crippen LogP contribution >= 0.6 is 0 Å². The molecule has 0 fully saturated rings. The van der Waals surface area contributed by atoms with Crippen molar-refractivity contribution in [2.24, 2.45) is 5.92 Å². The van der Waals surface area contributed by atoms with Crippen molar-refractivity contribution in [3.8, 4) is 0 Å². The van der Waals surface area contributed by atoms with Crippen molar-refractivity contribution in [1.29, 1.82) is 0 Å². The van der Waals surface area contributed by atoms with E-state index in [0.717, 1.165) is 63.7 Å². The number of carbonyl (C=O) groups excluding carboxylic acids is 3. The lowest BCUT2D eigenvalue weighted by Gasteiger charge is -2.18. The van der Waals surface area contributed by atoms with Crippen LogP contribution in [0.2, 0.25) is 0 Å². The van der Waals surface area contributed by atoms with Crippen molar-refractivity contribution in [2.75, 3.05) is 13.2 Å². The number of hydrogen-bond acceptors (Lipinski definition) is 6. The van der Waals surface area contributed by atoms with Crippen LogP contribution in [0.25, 0.3) is 0 Å². The van der Waals surface area contributed by atoms with Gasteiger partial charge in [-0.25, -0.2) is 0 Å². The van der Waals surface area contributed by atoms with Crippen molar-refractivity contribution in [2.45, 2.75) is 303 Å². The van der Waals surface area contributed by atoms with Gasteiger partial charge in [0.2, 0.25) is 0 Å². The lowest BCUT2D eigenvalue weighted by molar-refractivity contribution is -0.167. The number of hydrogen-bond donors (Lipinski definition) is 0. The van der Waals surface area contributed by atoms with Gasteiger partial charge in [0.05, 0.1) is 0 Å². The van der Waals surface area contributed by atoms with Crippen molar-refractivity contribution in [3.05, 3.63) is 0 Å². The number of unbranched alkanes of at least 4 members (excludes halogenated alkanes) is 35. The van der Waals surface area contributed by atoms with E-state index in [0.29, 0.717) is 19.3 Å². The van der Waals surface area contributed by atoms with Crippen molar-refractivity contribution < 1.29 is 28.6 Å². The van der Waals surface area contributed by atoms with E-state index < -0.39 is 6.10 Å². The van der Waals surface area contributed by atoms with Crippen LogP contribution in [-0.2, 0) is 28.6 Å². The summed E-state index contributed by atoms with van der Waals surface area (Å²) in [7, 11) is 0. The molecule has 350 valence electrons. The summed E-state index contributed by atoms with van der Waals surface area (Å²) in [5.74, 6) is -0.0197. The Morgan fingerprint density at radius 2 is 0.559 bits per heavy atom. The van der Waals surface area contributed by atoms with E-state index in [1.54, 1.807) is 0 Å². The first-order valence-electron chi connectivity index (χ1n) is 26.4. The molecule has 6 nitrogen and oxygen atoms in total. The molecule has 0 aliphatic heterocycles. The second-order valence-corrected chi connectivity index (χ2v) is 18.6. The first kappa shape index (κ1) is 57.4. The second-order valence-electron chi connectivity index (χ2n) is 18.6. The molecule has 59 heavy (non-hydrogen) atoms. The topological polar surface area (TPSA) is 78.9 Å². The van der Waals surface area contributed by atoms with Gasteiger partial charge < -0.3 is 14.2 Å². The number of carbonyl (C=O) groups is 3. The summed E-state index contributed by atoms with van der Waals surface area (Å²) in [4.78, 5) is 37.9. The third-order valence-corrected chi connectivity index (χ3v) is 12.0. The molecule has 6 heteroatoms. The average Bonchev–Trinajstić information content (AvgIpc) is 3.22. The highest BCUT2D eigenvalue weighted by Gasteiger charge is 2.19. The Balaban J connectivity index is 4.21. The Bertz CT molecular complexity index is 887. The van der Waals surface area contributed by atoms with Gasteiger partial charge in [0, 0.05) is 19.3 Å². The van der Waals surface area contributed by atoms with Gasteiger partial charge in [-0.3, -0.25) is 14.4 Å². The SMILES string of the molecule is CCCCCCCCCCCCCCCCCCCCC(=O)OC[C@@H](COC(=O)CCCCCCCCCCCCCC(C)C)OC(=O)CCCCCCCCCCC. The molecule has 0 aliphatic carbocycles. The van der Waals surface area contributed by atoms with Crippen LogP contribution in [0.1, 0.15) is 297 Å². The molecule has 0 heterocycles. The molecule has 0 N–H and O–H groups in total. The second kappa shape index (κ2) is 47.5. The van der Waals surface area contributed by atoms with Gasteiger partial charge in [-0.05, 0) is 25.2 Å². The molecule has 0 rings (SSSR count). The summed E-state index contributed by atoms with van der Waals surface area (Å²) in [5, 5.41) is 0. The first-order valence-corrected chi connectivity index (χ1v) is 26.4. The maximum atomic E-state index is 12.7. The number of esters is 3. The number of ether oxygens (including phenoxy) is 3. The molecular formula is C53H102O6. The fraction of sp³-hybridized carbons (Fsp3) is 0.943. The highest BCUT2D eigenvalue weighted by Crippen LogP contribution is 2.17. The fourth-order valence-electron chi connectivity index (χ4n) is 8.04. The van der Waals surface area contributed by atoms with E-state index in [9.17, 15) is 14.4 Å². The molecule has 0 radical (unpaired) electrons. The fourth-order valence-corrected chi connectivity index (χ4v) is 8.04. The van der Waals surface area contributed by atoms with Gasteiger partial charge in [-0.15, -0.1) is 0 Å². The van der Waals surface area contributed by atoms with Crippen molar-refractivity contribution in [3.63, 3.8) is 0 Å². The molecule has 0 spiro atoms. The Labute approximate surface area is 368 Å². The van der Waals surface area contributed by atoms with Gasteiger partial charge in [0.1, 0.15) is 13.2 Å². The van der Waals surface area contributed by atoms with Crippen LogP contribution in [-0.4, -0.2) is 37.2 Å². The summed E-state index contributed by atoms with van der Waals surface area (Å²) in [5.41, 5.74) is 0. The normalized spacial score (nSPS) is 11.9. The van der Waals surface area contributed by atoms with E-state index in [4.69, 9.17) is 14.2 Å². The molecule has 0 aromatic heterocycles. The highest BCUT2D eigenvalue weighted by molar-refractivity contribution is 5.71.